The number of azide groups is 1. The maximum Gasteiger partial charge on any atom is 0.118 e. The van der Waals surface area contributed by atoms with Crippen LogP contribution in [0.5, 0.6) is 11.5 Å². The Balaban J connectivity index is 1.56. The first-order valence-corrected chi connectivity index (χ1v) is 13.1. The summed E-state index contributed by atoms with van der Waals surface area (Å²) >= 11 is 1.62. The van der Waals surface area contributed by atoms with Crippen molar-refractivity contribution in [1.82, 2.24) is 9.78 Å². The fraction of sp³-hybridized carbons (Fsp3) is 0.167. The first-order valence-electron chi connectivity index (χ1n) is 12.3. The summed E-state index contributed by atoms with van der Waals surface area (Å²) in [4.78, 5) is 4.99. The van der Waals surface area contributed by atoms with Gasteiger partial charge in [-0.2, -0.15) is 5.10 Å². The maximum atomic E-state index is 8.76. The van der Waals surface area contributed by atoms with E-state index in [0.717, 1.165) is 50.2 Å². The average Bonchev–Trinajstić information content (AvgIpc) is 3.68. The molecule has 0 fully saturated rings. The van der Waals surface area contributed by atoms with Crippen LogP contribution in [0.1, 0.15) is 33.2 Å². The van der Waals surface area contributed by atoms with Crippen LogP contribution in [-0.2, 0) is 13.0 Å². The number of hydrogen-bond acceptors (Lipinski definition) is 5. The normalized spacial score (nSPS) is 11.7. The smallest absolute Gasteiger partial charge is 0.118 e. The van der Waals surface area contributed by atoms with Crippen LogP contribution in [0.25, 0.3) is 32.3 Å². The van der Waals surface area contributed by atoms with Crippen molar-refractivity contribution < 1.29 is 9.47 Å². The summed E-state index contributed by atoms with van der Waals surface area (Å²) in [5, 5.41) is 9.03. The topological polar surface area (TPSA) is 85.0 Å². The molecule has 0 saturated heterocycles. The highest BCUT2D eigenvalue weighted by Crippen LogP contribution is 2.46. The van der Waals surface area contributed by atoms with Gasteiger partial charge in [0.05, 0.1) is 31.3 Å². The number of fused-ring (bicyclic) bond motifs is 3. The van der Waals surface area contributed by atoms with Gasteiger partial charge >= 0.3 is 0 Å². The molecular weight excluding hydrogens is 494 g/mol. The minimum absolute atomic E-state index is 0.164. The molecule has 0 spiro atoms. The molecule has 0 N–H and O–H groups in total. The largest absolute Gasteiger partial charge is 0.497 e. The first kappa shape index (κ1) is 23.9. The molecule has 0 amide bonds. The second-order valence-corrected chi connectivity index (χ2v) is 10.2. The number of methoxy groups -OCH3 is 2. The third kappa shape index (κ3) is 4.20. The SMILES string of the molecule is COc1ccc(C(c2ccc(OC)cc2)n2nc(-c3ccc(CN=[N+]=[N-])s3)c3c2-c2ccccc2C3)cc1. The molecule has 188 valence electrons. The molecule has 0 saturated carbocycles. The van der Waals surface area contributed by atoms with E-state index in [2.05, 4.69) is 69.3 Å². The predicted molar refractivity (Wildman–Crippen MR) is 150 cm³/mol. The Morgan fingerprint density at radius 3 is 2.21 bits per heavy atom. The zero-order valence-electron chi connectivity index (χ0n) is 21.0. The standard InChI is InChI=1S/C30H25N5O2S/c1-36-22-11-7-19(8-12-22)29(20-9-13-23(37-2)14-10-20)35-30-25-6-4-3-5-21(25)17-26(30)28(33-35)27-16-15-24(38-27)18-32-34-31/h3-16,29H,17-18H2,1-2H3. The van der Waals surface area contributed by atoms with Gasteiger partial charge in [-0.1, -0.05) is 53.6 Å². The van der Waals surface area contributed by atoms with Gasteiger partial charge in [-0.15, -0.1) is 11.3 Å². The Morgan fingerprint density at radius 2 is 1.58 bits per heavy atom. The Morgan fingerprint density at radius 1 is 0.921 bits per heavy atom. The Bertz CT molecular complexity index is 1600. The molecule has 0 radical (unpaired) electrons. The van der Waals surface area contributed by atoms with E-state index in [1.165, 1.54) is 16.7 Å². The third-order valence-electron chi connectivity index (χ3n) is 6.94. The van der Waals surface area contributed by atoms with Gasteiger partial charge in [0.25, 0.3) is 0 Å². The van der Waals surface area contributed by atoms with Crippen molar-refractivity contribution in [3.63, 3.8) is 0 Å². The molecule has 0 atom stereocenters. The van der Waals surface area contributed by atoms with E-state index in [9.17, 15) is 0 Å². The molecule has 2 heterocycles. The molecule has 2 aromatic heterocycles. The lowest BCUT2D eigenvalue weighted by Gasteiger charge is -2.22. The highest BCUT2D eigenvalue weighted by atomic mass is 32.1. The fourth-order valence-electron chi connectivity index (χ4n) is 5.14. The van der Waals surface area contributed by atoms with Gasteiger partial charge in [0.15, 0.2) is 0 Å². The third-order valence-corrected chi connectivity index (χ3v) is 8.02. The molecule has 6 rings (SSSR count). The molecule has 3 aromatic carbocycles. The van der Waals surface area contributed by atoms with E-state index in [4.69, 9.17) is 20.1 Å². The van der Waals surface area contributed by atoms with Gasteiger partial charge in [0.2, 0.25) is 0 Å². The molecule has 7 nitrogen and oxygen atoms in total. The summed E-state index contributed by atoms with van der Waals surface area (Å²) < 4.78 is 13.0. The summed E-state index contributed by atoms with van der Waals surface area (Å²) in [6, 6.07) is 28.9. The second kappa shape index (κ2) is 10.1. The number of ether oxygens (including phenoxy) is 2. The highest BCUT2D eigenvalue weighted by Gasteiger charge is 2.32. The van der Waals surface area contributed by atoms with Crippen LogP contribution in [0.3, 0.4) is 0 Å². The Labute approximate surface area is 224 Å². The van der Waals surface area contributed by atoms with Crippen LogP contribution >= 0.6 is 11.3 Å². The number of thiophene rings is 1. The molecule has 1 aliphatic carbocycles. The Kier molecular flexibility index (Phi) is 6.33. The lowest BCUT2D eigenvalue weighted by atomic mass is 9.97. The van der Waals surface area contributed by atoms with Crippen molar-refractivity contribution in [3.8, 4) is 33.3 Å². The van der Waals surface area contributed by atoms with Gasteiger partial charge in [0, 0.05) is 27.3 Å². The van der Waals surface area contributed by atoms with Crippen molar-refractivity contribution in [3.05, 3.63) is 123 Å². The number of nitrogens with zero attached hydrogens (tertiary/aromatic N) is 5. The van der Waals surface area contributed by atoms with Gasteiger partial charge in [-0.25, -0.2) is 0 Å². The summed E-state index contributed by atoms with van der Waals surface area (Å²) in [5.41, 5.74) is 16.8. The van der Waals surface area contributed by atoms with Crippen molar-refractivity contribution in [2.45, 2.75) is 19.0 Å². The molecular formula is C30H25N5O2S. The maximum absolute atomic E-state index is 8.76. The van der Waals surface area contributed by atoms with E-state index < -0.39 is 0 Å². The fourth-order valence-corrected chi connectivity index (χ4v) is 6.08. The highest BCUT2D eigenvalue weighted by molar-refractivity contribution is 7.15. The predicted octanol–water partition coefficient (Wildman–Crippen LogP) is 7.65. The zero-order chi connectivity index (χ0) is 26.1. The molecule has 1 aliphatic rings. The monoisotopic (exact) mass is 519 g/mol. The molecule has 0 aliphatic heterocycles. The van der Waals surface area contributed by atoms with Crippen LogP contribution < -0.4 is 9.47 Å². The summed E-state index contributed by atoms with van der Waals surface area (Å²) in [5.74, 6) is 1.62. The molecule has 0 unspecified atom stereocenters. The van der Waals surface area contributed by atoms with Crippen LogP contribution in [0, 0.1) is 0 Å². The molecule has 0 bridgehead atoms. The lowest BCUT2D eigenvalue weighted by molar-refractivity contribution is 0.414. The minimum Gasteiger partial charge on any atom is -0.497 e. The van der Waals surface area contributed by atoms with E-state index in [1.54, 1.807) is 25.6 Å². The lowest BCUT2D eigenvalue weighted by Crippen LogP contribution is -2.15. The Hall–Kier alpha value is -4.52. The number of hydrogen-bond donors (Lipinski definition) is 0. The van der Waals surface area contributed by atoms with Crippen LogP contribution in [0.4, 0.5) is 0 Å². The van der Waals surface area contributed by atoms with E-state index in [-0.39, 0.29) is 6.04 Å². The number of rotatable bonds is 8. The van der Waals surface area contributed by atoms with Crippen molar-refractivity contribution in [1.29, 1.82) is 0 Å². The molecule has 38 heavy (non-hydrogen) atoms. The van der Waals surface area contributed by atoms with E-state index >= 15 is 0 Å². The first-order chi connectivity index (χ1) is 18.7. The number of benzene rings is 3. The number of aromatic nitrogens is 2. The second-order valence-electron chi connectivity index (χ2n) is 9.06. The van der Waals surface area contributed by atoms with Crippen molar-refractivity contribution in [2.75, 3.05) is 14.2 Å². The van der Waals surface area contributed by atoms with Gasteiger partial charge in [0.1, 0.15) is 23.2 Å². The average molecular weight is 520 g/mol. The van der Waals surface area contributed by atoms with Crippen LogP contribution in [0.2, 0.25) is 0 Å². The zero-order valence-corrected chi connectivity index (χ0v) is 21.9. The van der Waals surface area contributed by atoms with E-state index in [0.29, 0.717) is 6.54 Å². The minimum atomic E-state index is -0.164. The van der Waals surface area contributed by atoms with E-state index in [1.807, 2.05) is 30.3 Å². The summed E-state index contributed by atoms with van der Waals surface area (Å²) in [6.45, 7) is 0.338. The van der Waals surface area contributed by atoms with Crippen LogP contribution in [0.15, 0.2) is 90.0 Å². The van der Waals surface area contributed by atoms with Gasteiger partial charge in [-0.05, 0) is 58.6 Å². The van der Waals surface area contributed by atoms with Crippen molar-refractivity contribution in [2.24, 2.45) is 5.11 Å². The summed E-state index contributed by atoms with van der Waals surface area (Å²) in [6.07, 6.45) is 0.822. The summed E-state index contributed by atoms with van der Waals surface area (Å²) in [7, 11) is 3.35. The van der Waals surface area contributed by atoms with Gasteiger partial charge < -0.3 is 9.47 Å². The van der Waals surface area contributed by atoms with Crippen molar-refractivity contribution >= 4 is 11.3 Å². The van der Waals surface area contributed by atoms with Gasteiger partial charge in [-0.3, -0.25) is 4.68 Å². The molecule has 5 aromatic rings. The molecule has 8 heteroatoms. The van der Waals surface area contributed by atoms with Crippen LogP contribution in [-0.4, -0.2) is 24.0 Å². The quantitative estimate of drug-likeness (QED) is 0.118.